The summed E-state index contributed by atoms with van der Waals surface area (Å²) >= 11 is 17.8. The molecule has 1 saturated carbocycles. The minimum Gasteiger partial charge on any atom is -0.119 e. The third-order valence-corrected chi connectivity index (χ3v) is 3.88. The normalized spacial score (nSPS) is 31.6. The Hall–Kier alpha value is 0.0900. The van der Waals surface area contributed by atoms with Crippen LogP contribution >= 0.6 is 34.8 Å². The number of alkyl halides is 3. The summed E-state index contributed by atoms with van der Waals surface area (Å²) in [5, 5.41) is -0.150. The molecule has 3 heteroatoms. The standard InChI is InChI=1S/C9H7Cl3/c10-8-7(9(8,11)12)6-4-2-1-3-5-6/h1-5,7-8H. The van der Waals surface area contributed by atoms with Gasteiger partial charge >= 0.3 is 0 Å². The van der Waals surface area contributed by atoms with Crippen molar-refractivity contribution in [2.24, 2.45) is 0 Å². The maximum absolute atomic E-state index is 5.93. The van der Waals surface area contributed by atoms with Crippen LogP contribution in [0.2, 0.25) is 0 Å². The van der Waals surface area contributed by atoms with E-state index in [-0.39, 0.29) is 11.3 Å². The molecule has 0 amide bonds. The monoisotopic (exact) mass is 220 g/mol. The lowest BCUT2D eigenvalue weighted by Gasteiger charge is -1.97. The lowest BCUT2D eigenvalue weighted by Crippen LogP contribution is -1.89. The van der Waals surface area contributed by atoms with Gasteiger partial charge in [0.2, 0.25) is 0 Å². The molecule has 0 aromatic heterocycles. The number of benzene rings is 1. The molecule has 1 fully saturated rings. The highest BCUT2D eigenvalue weighted by Crippen LogP contribution is 2.62. The second-order valence-electron chi connectivity index (χ2n) is 2.96. The van der Waals surface area contributed by atoms with Crippen molar-refractivity contribution in [1.29, 1.82) is 0 Å². The Labute approximate surface area is 86.4 Å². The first-order valence-corrected chi connectivity index (χ1v) is 4.90. The average Bonchev–Trinajstić information content (AvgIpc) is 2.53. The Morgan fingerprint density at radius 2 is 1.58 bits per heavy atom. The van der Waals surface area contributed by atoms with Crippen molar-refractivity contribution in [2.45, 2.75) is 15.6 Å². The molecule has 2 atom stereocenters. The third kappa shape index (κ3) is 1.22. The molecule has 1 aliphatic carbocycles. The van der Waals surface area contributed by atoms with Crippen LogP contribution in [0.15, 0.2) is 30.3 Å². The van der Waals surface area contributed by atoms with Gasteiger partial charge in [-0.25, -0.2) is 0 Å². The lowest BCUT2D eigenvalue weighted by molar-refractivity contribution is 1.11. The smallest absolute Gasteiger partial charge is 0.119 e. The van der Waals surface area contributed by atoms with Gasteiger partial charge in [0.15, 0.2) is 0 Å². The van der Waals surface area contributed by atoms with Gasteiger partial charge in [-0.2, -0.15) is 0 Å². The van der Waals surface area contributed by atoms with Crippen molar-refractivity contribution >= 4 is 34.8 Å². The van der Waals surface area contributed by atoms with Crippen molar-refractivity contribution in [1.82, 2.24) is 0 Å². The van der Waals surface area contributed by atoms with E-state index < -0.39 is 4.33 Å². The Bertz CT molecular complexity index is 281. The van der Waals surface area contributed by atoms with Crippen LogP contribution in [0.3, 0.4) is 0 Å². The molecular formula is C9H7Cl3. The number of hydrogen-bond acceptors (Lipinski definition) is 0. The van der Waals surface area contributed by atoms with Crippen molar-refractivity contribution in [3.05, 3.63) is 35.9 Å². The molecule has 0 radical (unpaired) electrons. The Kier molecular flexibility index (Phi) is 2.02. The minimum absolute atomic E-state index is 0.0868. The molecular weight excluding hydrogens is 214 g/mol. The van der Waals surface area contributed by atoms with Gasteiger partial charge in [0, 0.05) is 5.92 Å². The van der Waals surface area contributed by atoms with Gasteiger partial charge in [-0.1, -0.05) is 53.5 Å². The van der Waals surface area contributed by atoms with Gasteiger partial charge in [0.1, 0.15) is 4.33 Å². The third-order valence-electron chi connectivity index (χ3n) is 2.12. The van der Waals surface area contributed by atoms with Crippen molar-refractivity contribution in [3.63, 3.8) is 0 Å². The van der Waals surface area contributed by atoms with E-state index in [9.17, 15) is 0 Å². The van der Waals surface area contributed by atoms with Gasteiger partial charge in [0.05, 0.1) is 5.38 Å². The molecule has 0 saturated heterocycles. The molecule has 1 aromatic rings. The summed E-state index contributed by atoms with van der Waals surface area (Å²) < 4.78 is -0.761. The Morgan fingerprint density at radius 3 is 2.00 bits per heavy atom. The van der Waals surface area contributed by atoms with E-state index >= 15 is 0 Å². The molecule has 2 rings (SSSR count). The van der Waals surface area contributed by atoms with Gasteiger partial charge in [-0.3, -0.25) is 0 Å². The molecule has 64 valence electrons. The topological polar surface area (TPSA) is 0 Å². The highest BCUT2D eigenvalue weighted by Gasteiger charge is 2.63. The fourth-order valence-corrected chi connectivity index (χ4v) is 2.51. The highest BCUT2D eigenvalue weighted by atomic mass is 35.5. The molecule has 1 aliphatic rings. The van der Waals surface area contributed by atoms with Crippen molar-refractivity contribution < 1.29 is 0 Å². The molecule has 0 N–H and O–H groups in total. The van der Waals surface area contributed by atoms with E-state index in [0.717, 1.165) is 5.56 Å². The summed E-state index contributed by atoms with van der Waals surface area (Å²) in [5.74, 6) is 0.0868. The van der Waals surface area contributed by atoms with Gasteiger partial charge in [-0.15, -0.1) is 11.6 Å². The van der Waals surface area contributed by atoms with Crippen LogP contribution in [0.4, 0.5) is 0 Å². The minimum atomic E-state index is -0.761. The van der Waals surface area contributed by atoms with Gasteiger partial charge in [-0.05, 0) is 5.56 Å². The average molecular weight is 222 g/mol. The van der Waals surface area contributed by atoms with Crippen molar-refractivity contribution in [3.8, 4) is 0 Å². The van der Waals surface area contributed by atoms with E-state index in [4.69, 9.17) is 34.8 Å². The van der Waals surface area contributed by atoms with Crippen LogP contribution < -0.4 is 0 Å². The first-order chi connectivity index (χ1) is 5.64. The quantitative estimate of drug-likeness (QED) is 0.636. The summed E-state index contributed by atoms with van der Waals surface area (Å²) in [6.07, 6.45) is 0. The molecule has 0 nitrogen and oxygen atoms in total. The van der Waals surface area contributed by atoms with E-state index in [1.54, 1.807) is 0 Å². The first-order valence-electron chi connectivity index (χ1n) is 3.71. The van der Waals surface area contributed by atoms with E-state index in [2.05, 4.69) is 0 Å². The van der Waals surface area contributed by atoms with Crippen LogP contribution in [0.5, 0.6) is 0 Å². The molecule has 0 aliphatic heterocycles. The number of hydrogen-bond donors (Lipinski definition) is 0. The zero-order chi connectivity index (χ0) is 8.77. The fraction of sp³-hybridized carbons (Fsp3) is 0.333. The predicted octanol–water partition coefficient (Wildman–Crippen LogP) is 3.57. The summed E-state index contributed by atoms with van der Waals surface area (Å²) in [4.78, 5) is 0. The summed E-state index contributed by atoms with van der Waals surface area (Å²) in [6, 6.07) is 9.86. The van der Waals surface area contributed by atoms with Crippen LogP contribution in [0.25, 0.3) is 0 Å². The highest BCUT2D eigenvalue weighted by molar-refractivity contribution is 6.57. The zero-order valence-electron chi connectivity index (χ0n) is 6.18. The SMILES string of the molecule is ClC1C(c2ccccc2)C1(Cl)Cl. The molecule has 0 heterocycles. The van der Waals surface area contributed by atoms with E-state index in [1.807, 2.05) is 30.3 Å². The van der Waals surface area contributed by atoms with E-state index in [0.29, 0.717) is 0 Å². The zero-order valence-corrected chi connectivity index (χ0v) is 8.44. The van der Waals surface area contributed by atoms with Gasteiger partial charge < -0.3 is 0 Å². The maximum Gasteiger partial charge on any atom is 0.143 e. The second-order valence-corrected chi connectivity index (χ2v) is 4.88. The summed E-state index contributed by atoms with van der Waals surface area (Å²) in [6.45, 7) is 0. The van der Waals surface area contributed by atoms with Gasteiger partial charge in [0.25, 0.3) is 0 Å². The van der Waals surface area contributed by atoms with Crippen molar-refractivity contribution in [2.75, 3.05) is 0 Å². The first kappa shape index (κ1) is 8.68. The van der Waals surface area contributed by atoms with Crippen LogP contribution in [-0.2, 0) is 0 Å². The largest absolute Gasteiger partial charge is 0.143 e. The predicted molar refractivity (Wildman–Crippen MR) is 53.3 cm³/mol. The maximum atomic E-state index is 5.93. The molecule has 12 heavy (non-hydrogen) atoms. The van der Waals surface area contributed by atoms with Crippen LogP contribution in [0.1, 0.15) is 11.5 Å². The summed E-state index contributed by atoms with van der Waals surface area (Å²) in [5.41, 5.74) is 1.11. The number of halogens is 3. The number of rotatable bonds is 1. The van der Waals surface area contributed by atoms with E-state index in [1.165, 1.54) is 0 Å². The second kappa shape index (κ2) is 2.80. The fourth-order valence-electron chi connectivity index (χ4n) is 1.34. The Morgan fingerprint density at radius 1 is 1.08 bits per heavy atom. The molecule has 1 aromatic carbocycles. The molecule has 0 spiro atoms. The molecule has 0 bridgehead atoms. The summed E-state index contributed by atoms with van der Waals surface area (Å²) in [7, 11) is 0. The Balaban J connectivity index is 2.25. The lowest BCUT2D eigenvalue weighted by atomic mass is 10.1. The molecule has 2 unspecified atom stereocenters. The van der Waals surface area contributed by atoms with Crippen LogP contribution in [-0.4, -0.2) is 9.71 Å². The van der Waals surface area contributed by atoms with Crippen LogP contribution in [0, 0.1) is 0 Å².